The Morgan fingerprint density at radius 1 is 1.12 bits per heavy atom. The third kappa shape index (κ3) is 4.64. The molecule has 2 saturated heterocycles. The summed E-state index contributed by atoms with van der Waals surface area (Å²) in [6.07, 6.45) is 3.99. The minimum Gasteiger partial charge on any atom is -0.356 e. The number of nitrogens with one attached hydrogen (secondary N) is 2. The average molecular weight is 226 g/mol. The van der Waals surface area contributed by atoms with Crippen LogP contribution in [0.25, 0.3) is 0 Å². The molecule has 92 valence electrons. The van der Waals surface area contributed by atoms with Crippen molar-refractivity contribution in [3.63, 3.8) is 0 Å². The van der Waals surface area contributed by atoms with Crippen molar-refractivity contribution in [1.29, 1.82) is 0 Å². The zero-order valence-corrected chi connectivity index (χ0v) is 10.2. The molecule has 2 rings (SSSR count). The Morgan fingerprint density at radius 3 is 2.25 bits per heavy atom. The lowest BCUT2D eigenvalue weighted by molar-refractivity contribution is -0.126. The summed E-state index contributed by atoms with van der Waals surface area (Å²) in [7, 11) is 0. The Morgan fingerprint density at radius 2 is 1.88 bits per heavy atom. The molecule has 2 aliphatic rings. The van der Waals surface area contributed by atoms with Crippen LogP contribution in [-0.2, 0) is 9.59 Å². The molecule has 2 atom stereocenters. The van der Waals surface area contributed by atoms with Gasteiger partial charge in [0.05, 0.1) is 0 Å². The summed E-state index contributed by atoms with van der Waals surface area (Å²) in [4.78, 5) is 21.2. The number of amides is 2. The van der Waals surface area contributed by atoms with Crippen LogP contribution in [0, 0.1) is 11.8 Å². The first-order valence-electron chi connectivity index (χ1n) is 6.14. The summed E-state index contributed by atoms with van der Waals surface area (Å²) in [5, 5.41) is 5.59. The maximum Gasteiger partial charge on any atom is 0.222 e. The monoisotopic (exact) mass is 226 g/mol. The highest BCUT2D eigenvalue weighted by molar-refractivity contribution is 5.78. The van der Waals surface area contributed by atoms with E-state index in [1.54, 1.807) is 0 Å². The minimum absolute atomic E-state index is 0.211. The molecule has 0 radical (unpaired) electrons. The van der Waals surface area contributed by atoms with Gasteiger partial charge in [-0.3, -0.25) is 9.59 Å². The van der Waals surface area contributed by atoms with Gasteiger partial charge in [-0.1, -0.05) is 13.8 Å². The van der Waals surface area contributed by atoms with Crippen molar-refractivity contribution in [3.8, 4) is 0 Å². The summed E-state index contributed by atoms with van der Waals surface area (Å²) in [5.74, 6) is 1.37. The smallest absolute Gasteiger partial charge is 0.222 e. The number of carbonyl (C=O) groups is 2. The van der Waals surface area contributed by atoms with Gasteiger partial charge >= 0.3 is 0 Å². The van der Waals surface area contributed by atoms with Gasteiger partial charge < -0.3 is 10.6 Å². The van der Waals surface area contributed by atoms with Crippen LogP contribution in [0.4, 0.5) is 0 Å². The van der Waals surface area contributed by atoms with Crippen LogP contribution in [0.5, 0.6) is 0 Å². The van der Waals surface area contributed by atoms with Crippen molar-refractivity contribution < 1.29 is 9.59 Å². The van der Waals surface area contributed by atoms with Crippen LogP contribution in [-0.4, -0.2) is 24.9 Å². The van der Waals surface area contributed by atoms with E-state index >= 15 is 0 Å². The first kappa shape index (κ1) is 13.0. The van der Waals surface area contributed by atoms with Crippen LogP contribution in [0.1, 0.15) is 39.5 Å². The van der Waals surface area contributed by atoms with E-state index in [-0.39, 0.29) is 17.7 Å². The Labute approximate surface area is 97.2 Å². The van der Waals surface area contributed by atoms with E-state index in [1.807, 2.05) is 6.92 Å². The SMILES string of the molecule is CC1CCC(=O)NC1.CC1CCCNC1=O. The standard InChI is InChI=1S/2C6H11NO/c1-5-2-3-6(8)7-4-5;1-5-3-2-4-7-6(5)8/h2*5H,2-4H2,1H3,(H,7,8). The number of hydrogen-bond acceptors (Lipinski definition) is 2. The fourth-order valence-corrected chi connectivity index (χ4v) is 1.78. The molecule has 0 bridgehead atoms. The van der Waals surface area contributed by atoms with Crippen LogP contribution >= 0.6 is 0 Å². The molecule has 0 aromatic heterocycles. The van der Waals surface area contributed by atoms with Gasteiger partial charge in [-0.15, -0.1) is 0 Å². The molecular formula is C12H22N2O2. The molecule has 0 aliphatic carbocycles. The molecule has 0 aromatic rings. The van der Waals surface area contributed by atoms with E-state index in [2.05, 4.69) is 17.6 Å². The Bertz CT molecular complexity index is 243. The molecular weight excluding hydrogens is 204 g/mol. The van der Waals surface area contributed by atoms with Crippen LogP contribution in [0.2, 0.25) is 0 Å². The van der Waals surface area contributed by atoms with E-state index in [4.69, 9.17) is 0 Å². The van der Waals surface area contributed by atoms with Gasteiger partial charge in [0.15, 0.2) is 0 Å². The van der Waals surface area contributed by atoms with E-state index < -0.39 is 0 Å². The summed E-state index contributed by atoms with van der Waals surface area (Å²) >= 11 is 0. The first-order valence-corrected chi connectivity index (χ1v) is 6.14. The van der Waals surface area contributed by atoms with Crippen molar-refractivity contribution in [3.05, 3.63) is 0 Å². The maximum atomic E-state index is 10.7. The van der Waals surface area contributed by atoms with Gasteiger partial charge in [0.2, 0.25) is 11.8 Å². The largest absolute Gasteiger partial charge is 0.356 e. The summed E-state index contributed by atoms with van der Waals surface area (Å²) in [5.41, 5.74) is 0. The average Bonchev–Trinajstić information content (AvgIpc) is 2.28. The van der Waals surface area contributed by atoms with Crippen LogP contribution in [0.15, 0.2) is 0 Å². The fraction of sp³-hybridized carbons (Fsp3) is 0.833. The second-order valence-electron chi connectivity index (χ2n) is 4.78. The van der Waals surface area contributed by atoms with Gasteiger partial charge in [-0.05, 0) is 25.2 Å². The Kier molecular flexibility index (Phi) is 5.29. The Hall–Kier alpha value is -1.06. The molecule has 0 spiro atoms. The number of carbonyl (C=O) groups excluding carboxylic acids is 2. The van der Waals surface area contributed by atoms with Gasteiger partial charge in [-0.25, -0.2) is 0 Å². The van der Waals surface area contributed by atoms with Crippen LogP contribution in [0.3, 0.4) is 0 Å². The summed E-state index contributed by atoms with van der Waals surface area (Å²) in [6.45, 7) is 5.87. The van der Waals surface area contributed by atoms with Crippen molar-refractivity contribution in [1.82, 2.24) is 10.6 Å². The number of rotatable bonds is 0. The van der Waals surface area contributed by atoms with E-state index in [1.165, 1.54) is 0 Å². The lowest BCUT2D eigenvalue weighted by atomic mass is 10.0. The normalized spacial score (nSPS) is 29.6. The van der Waals surface area contributed by atoms with Gasteiger partial charge in [-0.2, -0.15) is 0 Å². The molecule has 16 heavy (non-hydrogen) atoms. The molecule has 0 aromatic carbocycles. The molecule has 2 unspecified atom stereocenters. The molecule has 0 saturated carbocycles. The highest BCUT2D eigenvalue weighted by Crippen LogP contribution is 2.08. The van der Waals surface area contributed by atoms with E-state index in [0.29, 0.717) is 5.92 Å². The van der Waals surface area contributed by atoms with Crippen LogP contribution < -0.4 is 10.6 Å². The fourth-order valence-electron chi connectivity index (χ4n) is 1.78. The number of hydrogen-bond donors (Lipinski definition) is 2. The van der Waals surface area contributed by atoms with Crippen molar-refractivity contribution in [2.45, 2.75) is 39.5 Å². The highest BCUT2D eigenvalue weighted by Gasteiger charge is 2.15. The quantitative estimate of drug-likeness (QED) is 0.649. The first-order chi connectivity index (χ1) is 7.59. The molecule has 2 amide bonds. The lowest BCUT2D eigenvalue weighted by Crippen LogP contribution is -2.34. The third-order valence-corrected chi connectivity index (χ3v) is 3.07. The molecule has 2 fully saturated rings. The van der Waals surface area contributed by atoms with Crippen molar-refractivity contribution >= 4 is 11.8 Å². The topological polar surface area (TPSA) is 58.2 Å². The second kappa shape index (κ2) is 6.51. The predicted molar refractivity (Wildman–Crippen MR) is 62.8 cm³/mol. The van der Waals surface area contributed by atoms with Gasteiger partial charge in [0, 0.05) is 25.4 Å². The van der Waals surface area contributed by atoms with Gasteiger partial charge in [0.1, 0.15) is 0 Å². The zero-order chi connectivity index (χ0) is 12.0. The Balaban J connectivity index is 0.000000160. The predicted octanol–water partition coefficient (Wildman–Crippen LogP) is 1.06. The molecule has 4 nitrogen and oxygen atoms in total. The van der Waals surface area contributed by atoms with Gasteiger partial charge in [0.25, 0.3) is 0 Å². The second-order valence-corrected chi connectivity index (χ2v) is 4.78. The third-order valence-electron chi connectivity index (χ3n) is 3.07. The van der Waals surface area contributed by atoms with E-state index in [9.17, 15) is 9.59 Å². The summed E-state index contributed by atoms with van der Waals surface area (Å²) < 4.78 is 0. The van der Waals surface area contributed by atoms with Crippen molar-refractivity contribution in [2.24, 2.45) is 11.8 Å². The number of piperidine rings is 2. The molecule has 2 aliphatic heterocycles. The maximum absolute atomic E-state index is 10.7. The van der Waals surface area contributed by atoms with Crippen molar-refractivity contribution in [2.75, 3.05) is 13.1 Å². The highest BCUT2D eigenvalue weighted by atomic mass is 16.2. The minimum atomic E-state index is 0.211. The zero-order valence-electron chi connectivity index (χ0n) is 10.2. The molecule has 4 heteroatoms. The van der Waals surface area contributed by atoms with E-state index in [0.717, 1.165) is 38.8 Å². The lowest BCUT2D eigenvalue weighted by Gasteiger charge is -2.17. The molecule has 2 heterocycles. The summed E-state index contributed by atoms with van der Waals surface area (Å²) in [6, 6.07) is 0. The molecule has 2 N–H and O–H groups in total.